The van der Waals surface area contributed by atoms with Gasteiger partial charge in [0.2, 0.25) is 5.91 Å². The number of ether oxygens (including phenoxy) is 2. The fourth-order valence-corrected chi connectivity index (χ4v) is 3.53. The Kier molecular flexibility index (Phi) is 6.76. The Hall–Kier alpha value is -2.73. The number of para-hydroxylation sites is 1. The van der Waals surface area contributed by atoms with Crippen LogP contribution in [-0.2, 0) is 17.9 Å². The second-order valence-electron chi connectivity index (χ2n) is 7.08. The van der Waals surface area contributed by atoms with Crippen molar-refractivity contribution >= 4 is 5.91 Å². The fourth-order valence-electron chi connectivity index (χ4n) is 3.53. The molecule has 1 amide bonds. The maximum absolute atomic E-state index is 12.5. The van der Waals surface area contributed by atoms with Crippen molar-refractivity contribution in [2.75, 3.05) is 27.3 Å². The van der Waals surface area contributed by atoms with Crippen LogP contribution in [0.15, 0.2) is 42.5 Å². The first-order valence-electron chi connectivity index (χ1n) is 9.58. The monoisotopic (exact) mass is 384 g/mol. The molecule has 0 saturated carbocycles. The standard InChI is InChI=1S/C22H28N2O4/c1-27-19-8-6-16(7-9-19)14-23-22(26)17-10-12-24(13-11-17)15-18-4-3-5-20(28-2)21(18)25/h3-9,17,25H,10-15H2,1-2H3,(H,23,26). The first-order valence-corrected chi connectivity index (χ1v) is 9.58. The van der Waals surface area contributed by atoms with E-state index < -0.39 is 0 Å². The second-order valence-corrected chi connectivity index (χ2v) is 7.08. The Bertz CT molecular complexity index is 784. The van der Waals surface area contributed by atoms with Crippen LogP contribution in [0, 0.1) is 5.92 Å². The molecule has 28 heavy (non-hydrogen) atoms. The third kappa shape index (κ3) is 4.95. The van der Waals surface area contributed by atoms with E-state index in [0.717, 1.165) is 42.8 Å². The number of nitrogens with one attached hydrogen (secondary N) is 1. The number of phenolic OH excluding ortho intramolecular Hbond substituents is 1. The highest BCUT2D eigenvalue weighted by molar-refractivity contribution is 5.78. The van der Waals surface area contributed by atoms with Crippen LogP contribution in [0.4, 0.5) is 0 Å². The molecule has 0 radical (unpaired) electrons. The zero-order valence-electron chi connectivity index (χ0n) is 16.5. The van der Waals surface area contributed by atoms with Gasteiger partial charge in [-0.05, 0) is 49.7 Å². The Labute approximate surface area is 166 Å². The fraction of sp³-hybridized carbons (Fsp3) is 0.409. The number of hydrogen-bond donors (Lipinski definition) is 2. The molecule has 1 heterocycles. The number of aromatic hydroxyl groups is 1. The molecule has 0 atom stereocenters. The molecule has 2 aromatic rings. The van der Waals surface area contributed by atoms with Crippen molar-refractivity contribution in [3.05, 3.63) is 53.6 Å². The van der Waals surface area contributed by atoms with Crippen LogP contribution in [0.5, 0.6) is 17.2 Å². The van der Waals surface area contributed by atoms with E-state index in [-0.39, 0.29) is 17.6 Å². The molecule has 1 saturated heterocycles. The molecule has 0 spiro atoms. The van der Waals surface area contributed by atoms with Crippen LogP contribution in [0.2, 0.25) is 0 Å². The second kappa shape index (κ2) is 9.46. The predicted molar refractivity (Wildman–Crippen MR) is 108 cm³/mol. The van der Waals surface area contributed by atoms with Crippen molar-refractivity contribution in [3.63, 3.8) is 0 Å². The number of rotatable bonds is 7. The Morgan fingerprint density at radius 2 is 1.82 bits per heavy atom. The van der Waals surface area contributed by atoms with E-state index in [1.54, 1.807) is 20.3 Å². The average Bonchev–Trinajstić information content (AvgIpc) is 2.74. The zero-order chi connectivity index (χ0) is 19.9. The quantitative estimate of drug-likeness (QED) is 0.768. The van der Waals surface area contributed by atoms with Gasteiger partial charge >= 0.3 is 0 Å². The summed E-state index contributed by atoms with van der Waals surface area (Å²) in [6.07, 6.45) is 1.64. The van der Waals surface area contributed by atoms with E-state index in [1.165, 1.54) is 0 Å². The summed E-state index contributed by atoms with van der Waals surface area (Å²) >= 11 is 0. The van der Waals surface area contributed by atoms with Crippen LogP contribution in [0.3, 0.4) is 0 Å². The molecule has 1 fully saturated rings. The Morgan fingerprint density at radius 3 is 2.46 bits per heavy atom. The minimum Gasteiger partial charge on any atom is -0.504 e. The molecule has 0 unspecified atom stereocenters. The van der Waals surface area contributed by atoms with Crippen LogP contribution in [-0.4, -0.2) is 43.2 Å². The summed E-state index contributed by atoms with van der Waals surface area (Å²) in [5.74, 6) is 1.65. The van der Waals surface area contributed by atoms with Gasteiger partial charge in [-0.2, -0.15) is 0 Å². The number of hydrogen-bond acceptors (Lipinski definition) is 5. The zero-order valence-corrected chi connectivity index (χ0v) is 16.5. The number of likely N-dealkylation sites (tertiary alicyclic amines) is 1. The van der Waals surface area contributed by atoms with E-state index >= 15 is 0 Å². The van der Waals surface area contributed by atoms with E-state index in [9.17, 15) is 9.90 Å². The van der Waals surface area contributed by atoms with E-state index in [0.29, 0.717) is 18.8 Å². The summed E-state index contributed by atoms with van der Waals surface area (Å²) in [6, 6.07) is 13.3. The lowest BCUT2D eigenvalue weighted by atomic mass is 9.95. The molecule has 150 valence electrons. The van der Waals surface area contributed by atoms with E-state index in [2.05, 4.69) is 10.2 Å². The van der Waals surface area contributed by atoms with Gasteiger partial charge in [-0.15, -0.1) is 0 Å². The Morgan fingerprint density at radius 1 is 1.11 bits per heavy atom. The molecule has 0 aromatic heterocycles. The number of amides is 1. The molecular weight excluding hydrogens is 356 g/mol. The van der Waals surface area contributed by atoms with Crippen molar-refractivity contribution in [1.29, 1.82) is 0 Å². The van der Waals surface area contributed by atoms with Gasteiger partial charge in [-0.3, -0.25) is 9.69 Å². The van der Waals surface area contributed by atoms with Gasteiger partial charge in [0.05, 0.1) is 14.2 Å². The third-order valence-electron chi connectivity index (χ3n) is 5.28. The normalized spacial score (nSPS) is 15.2. The van der Waals surface area contributed by atoms with Gasteiger partial charge in [-0.25, -0.2) is 0 Å². The highest BCUT2D eigenvalue weighted by Gasteiger charge is 2.25. The lowest BCUT2D eigenvalue weighted by Gasteiger charge is -2.31. The highest BCUT2D eigenvalue weighted by atomic mass is 16.5. The van der Waals surface area contributed by atoms with Gasteiger partial charge in [0, 0.05) is 24.6 Å². The van der Waals surface area contributed by atoms with Crippen molar-refractivity contribution in [3.8, 4) is 17.2 Å². The smallest absolute Gasteiger partial charge is 0.223 e. The number of carbonyl (C=O) groups excluding carboxylic acids is 1. The Balaban J connectivity index is 1.46. The molecule has 6 nitrogen and oxygen atoms in total. The van der Waals surface area contributed by atoms with Crippen LogP contribution < -0.4 is 14.8 Å². The van der Waals surface area contributed by atoms with Gasteiger partial charge in [0.25, 0.3) is 0 Å². The maximum atomic E-state index is 12.5. The maximum Gasteiger partial charge on any atom is 0.223 e. The first kappa shape index (κ1) is 20.0. The van der Waals surface area contributed by atoms with Crippen molar-refractivity contribution in [2.45, 2.75) is 25.9 Å². The summed E-state index contributed by atoms with van der Waals surface area (Å²) in [6.45, 7) is 2.85. The van der Waals surface area contributed by atoms with Gasteiger partial charge in [0.15, 0.2) is 11.5 Å². The molecule has 3 rings (SSSR count). The number of methoxy groups -OCH3 is 2. The highest BCUT2D eigenvalue weighted by Crippen LogP contribution is 2.31. The molecule has 0 aliphatic carbocycles. The summed E-state index contributed by atoms with van der Waals surface area (Å²) < 4.78 is 10.3. The largest absolute Gasteiger partial charge is 0.504 e. The lowest BCUT2D eigenvalue weighted by Crippen LogP contribution is -2.40. The van der Waals surface area contributed by atoms with Gasteiger partial charge in [-0.1, -0.05) is 24.3 Å². The summed E-state index contributed by atoms with van der Waals surface area (Å²) in [7, 11) is 3.19. The number of nitrogens with zero attached hydrogens (tertiary/aromatic N) is 1. The summed E-state index contributed by atoms with van der Waals surface area (Å²) in [4.78, 5) is 14.8. The molecule has 2 aromatic carbocycles. The molecule has 6 heteroatoms. The van der Waals surface area contributed by atoms with Crippen LogP contribution >= 0.6 is 0 Å². The third-order valence-corrected chi connectivity index (χ3v) is 5.28. The number of benzene rings is 2. The van der Waals surface area contributed by atoms with E-state index in [1.807, 2.05) is 36.4 Å². The lowest BCUT2D eigenvalue weighted by molar-refractivity contribution is -0.126. The molecule has 0 bridgehead atoms. The first-order chi connectivity index (χ1) is 13.6. The minimum absolute atomic E-state index is 0.0356. The molecular formula is C22H28N2O4. The van der Waals surface area contributed by atoms with Crippen LogP contribution in [0.25, 0.3) is 0 Å². The molecule has 2 N–H and O–H groups in total. The van der Waals surface area contributed by atoms with Crippen molar-refractivity contribution in [2.24, 2.45) is 5.92 Å². The van der Waals surface area contributed by atoms with E-state index in [4.69, 9.17) is 9.47 Å². The number of piperidine rings is 1. The number of carbonyl (C=O) groups is 1. The summed E-state index contributed by atoms with van der Waals surface area (Å²) in [5, 5.41) is 13.3. The molecule has 1 aliphatic rings. The van der Waals surface area contributed by atoms with Gasteiger partial charge < -0.3 is 19.9 Å². The SMILES string of the molecule is COc1ccc(CNC(=O)C2CCN(Cc3cccc(OC)c3O)CC2)cc1. The average molecular weight is 384 g/mol. The summed E-state index contributed by atoms with van der Waals surface area (Å²) in [5.41, 5.74) is 1.90. The van der Waals surface area contributed by atoms with Crippen molar-refractivity contribution in [1.82, 2.24) is 10.2 Å². The van der Waals surface area contributed by atoms with Crippen LogP contribution in [0.1, 0.15) is 24.0 Å². The molecule has 1 aliphatic heterocycles. The minimum atomic E-state index is 0.0356. The van der Waals surface area contributed by atoms with Gasteiger partial charge in [0.1, 0.15) is 5.75 Å². The van der Waals surface area contributed by atoms with Crippen molar-refractivity contribution < 1.29 is 19.4 Å². The predicted octanol–water partition coefficient (Wildman–Crippen LogP) is 2.94. The topological polar surface area (TPSA) is 71.0 Å². The number of phenols is 1.